The van der Waals surface area contributed by atoms with Crippen molar-refractivity contribution in [1.82, 2.24) is 0 Å². The molecule has 0 aromatic heterocycles. The van der Waals surface area contributed by atoms with Crippen LogP contribution in [0.15, 0.2) is 97.1 Å². The van der Waals surface area contributed by atoms with Crippen molar-refractivity contribution in [2.24, 2.45) is 0 Å². The summed E-state index contributed by atoms with van der Waals surface area (Å²) in [7, 11) is 0. The zero-order valence-corrected chi connectivity index (χ0v) is 17.5. The van der Waals surface area contributed by atoms with E-state index in [0.29, 0.717) is 0 Å². The predicted molar refractivity (Wildman–Crippen MR) is 132 cm³/mol. The van der Waals surface area contributed by atoms with Gasteiger partial charge in [-0.05, 0) is 58.4 Å². The molecule has 4 aromatic carbocycles. The third kappa shape index (κ3) is 4.85. The van der Waals surface area contributed by atoms with Gasteiger partial charge in [-0.3, -0.25) is 0 Å². The first-order valence-corrected chi connectivity index (χ1v) is 10.4. The van der Waals surface area contributed by atoms with Gasteiger partial charge in [0, 0.05) is 0 Å². The molecule has 0 unspecified atom stereocenters. The monoisotopic (exact) mass is 386 g/mol. The highest BCUT2D eigenvalue weighted by molar-refractivity contribution is 5.75. The molecule has 0 heteroatoms. The van der Waals surface area contributed by atoms with Crippen molar-refractivity contribution in [3.8, 4) is 11.1 Å². The molecule has 0 aliphatic rings. The number of hydrogen-bond acceptors (Lipinski definition) is 0. The van der Waals surface area contributed by atoms with Gasteiger partial charge in [0.25, 0.3) is 0 Å². The van der Waals surface area contributed by atoms with Gasteiger partial charge < -0.3 is 0 Å². The maximum absolute atomic E-state index is 2.19. The maximum atomic E-state index is 2.19. The molecule has 0 nitrogen and oxygen atoms in total. The lowest BCUT2D eigenvalue weighted by molar-refractivity contribution is 1.45. The van der Waals surface area contributed by atoms with Crippen molar-refractivity contribution in [1.29, 1.82) is 0 Å². The number of aryl methyl sites for hydroxylation is 2. The molecule has 0 spiro atoms. The van der Waals surface area contributed by atoms with Gasteiger partial charge in [-0.15, -0.1) is 0 Å². The normalized spacial score (nSPS) is 11.4. The first-order chi connectivity index (χ1) is 14.7. The molecule has 0 aliphatic carbocycles. The highest BCUT2D eigenvalue weighted by atomic mass is 14.0. The molecule has 0 aliphatic heterocycles. The Hall–Kier alpha value is -3.64. The largest absolute Gasteiger partial charge is 0.0620 e. The third-order valence-corrected chi connectivity index (χ3v) is 5.44. The van der Waals surface area contributed by atoms with Gasteiger partial charge >= 0.3 is 0 Å². The lowest BCUT2D eigenvalue weighted by Gasteiger charge is -2.04. The minimum Gasteiger partial charge on any atom is -0.0620 e. The summed E-state index contributed by atoms with van der Waals surface area (Å²) in [6, 6.07) is 34.4. The van der Waals surface area contributed by atoms with Crippen LogP contribution in [-0.2, 0) is 0 Å². The number of hydrogen-bond donors (Lipinski definition) is 0. The van der Waals surface area contributed by atoms with Gasteiger partial charge in [0.15, 0.2) is 0 Å². The number of benzene rings is 4. The van der Waals surface area contributed by atoms with E-state index in [0.717, 1.165) is 0 Å². The van der Waals surface area contributed by atoms with Crippen LogP contribution in [0.5, 0.6) is 0 Å². The van der Waals surface area contributed by atoms with Crippen LogP contribution < -0.4 is 0 Å². The van der Waals surface area contributed by atoms with Gasteiger partial charge in [0.2, 0.25) is 0 Å². The molecule has 0 radical (unpaired) electrons. The van der Waals surface area contributed by atoms with Crippen LogP contribution in [-0.4, -0.2) is 0 Å². The fourth-order valence-electron chi connectivity index (χ4n) is 3.49. The average molecular weight is 387 g/mol. The Labute approximate surface area is 179 Å². The Kier molecular flexibility index (Phi) is 6.06. The molecule has 146 valence electrons. The predicted octanol–water partition coefficient (Wildman–Crippen LogP) is 8.31. The van der Waals surface area contributed by atoms with E-state index in [9.17, 15) is 0 Å². The van der Waals surface area contributed by atoms with Crippen LogP contribution in [0, 0.1) is 13.8 Å². The third-order valence-electron chi connectivity index (χ3n) is 5.44. The van der Waals surface area contributed by atoms with Crippen LogP contribution in [0.25, 0.3) is 35.4 Å². The molecular weight excluding hydrogens is 360 g/mol. The van der Waals surface area contributed by atoms with Gasteiger partial charge in [-0.25, -0.2) is 0 Å². The summed E-state index contributed by atoms with van der Waals surface area (Å²) in [6.07, 6.45) is 8.71. The summed E-state index contributed by atoms with van der Waals surface area (Å²) in [4.78, 5) is 0. The van der Waals surface area contributed by atoms with Gasteiger partial charge in [0.1, 0.15) is 0 Å². The summed E-state index contributed by atoms with van der Waals surface area (Å²) in [5.74, 6) is 0. The Morgan fingerprint density at radius 1 is 0.400 bits per heavy atom. The second-order valence-electron chi connectivity index (χ2n) is 7.62. The van der Waals surface area contributed by atoms with Crippen LogP contribution in [0.4, 0.5) is 0 Å². The Balaban J connectivity index is 1.46. The van der Waals surface area contributed by atoms with E-state index in [-0.39, 0.29) is 0 Å². The minimum absolute atomic E-state index is 1.21. The second kappa shape index (κ2) is 9.24. The summed E-state index contributed by atoms with van der Waals surface area (Å²) in [5.41, 5.74) is 9.99. The van der Waals surface area contributed by atoms with Crippen molar-refractivity contribution in [3.63, 3.8) is 0 Å². The minimum atomic E-state index is 1.21. The zero-order valence-electron chi connectivity index (χ0n) is 17.5. The van der Waals surface area contributed by atoms with Crippen LogP contribution in [0.2, 0.25) is 0 Å². The molecule has 0 bridgehead atoms. The Morgan fingerprint density at radius 3 is 1.13 bits per heavy atom. The standard InChI is InChI=1S/C30H26/c1-23-7-3-5-9-27(23)17-11-25-13-19-29(20-14-25)30-21-15-26(16-22-30)12-18-28-10-6-4-8-24(28)2/h3-22H,1-2H3/b17-11-,18-12-. The van der Waals surface area contributed by atoms with Gasteiger partial charge in [-0.2, -0.15) is 0 Å². The quantitative estimate of drug-likeness (QED) is 0.302. The van der Waals surface area contributed by atoms with E-state index >= 15 is 0 Å². The molecule has 0 heterocycles. The topological polar surface area (TPSA) is 0 Å². The highest BCUT2D eigenvalue weighted by Gasteiger charge is 1.99. The zero-order chi connectivity index (χ0) is 20.8. The molecule has 4 rings (SSSR count). The van der Waals surface area contributed by atoms with Crippen molar-refractivity contribution in [2.45, 2.75) is 13.8 Å². The fourth-order valence-corrected chi connectivity index (χ4v) is 3.49. The van der Waals surface area contributed by atoms with Crippen LogP contribution in [0.1, 0.15) is 33.4 Å². The van der Waals surface area contributed by atoms with E-state index in [1.807, 2.05) is 0 Å². The molecule has 0 atom stereocenters. The maximum Gasteiger partial charge on any atom is -0.0184 e. The molecule has 0 saturated carbocycles. The summed E-state index contributed by atoms with van der Waals surface area (Å²) in [6.45, 7) is 4.28. The van der Waals surface area contributed by atoms with Gasteiger partial charge in [0.05, 0.1) is 0 Å². The first-order valence-electron chi connectivity index (χ1n) is 10.4. The summed E-state index contributed by atoms with van der Waals surface area (Å²) >= 11 is 0. The lowest BCUT2D eigenvalue weighted by atomic mass is 10.0. The van der Waals surface area contributed by atoms with Crippen LogP contribution in [0.3, 0.4) is 0 Å². The summed E-state index contributed by atoms with van der Waals surface area (Å²) in [5, 5.41) is 0. The molecular formula is C30H26. The molecule has 0 N–H and O–H groups in total. The molecule has 0 amide bonds. The van der Waals surface area contributed by atoms with Crippen molar-refractivity contribution in [3.05, 3.63) is 130 Å². The van der Waals surface area contributed by atoms with Gasteiger partial charge in [-0.1, -0.05) is 121 Å². The Bertz CT molecular complexity index is 1080. The van der Waals surface area contributed by atoms with Crippen LogP contribution >= 0.6 is 0 Å². The van der Waals surface area contributed by atoms with E-state index in [4.69, 9.17) is 0 Å². The van der Waals surface area contributed by atoms with Crippen molar-refractivity contribution < 1.29 is 0 Å². The van der Waals surface area contributed by atoms with Crippen molar-refractivity contribution >= 4 is 24.3 Å². The lowest BCUT2D eigenvalue weighted by Crippen LogP contribution is -1.81. The molecule has 0 saturated heterocycles. The Morgan fingerprint density at radius 2 is 0.767 bits per heavy atom. The fraction of sp³-hybridized carbons (Fsp3) is 0.0667. The second-order valence-corrected chi connectivity index (χ2v) is 7.62. The van der Waals surface area contributed by atoms with E-state index < -0.39 is 0 Å². The smallest absolute Gasteiger partial charge is 0.0184 e. The first kappa shape index (κ1) is 19.7. The molecule has 30 heavy (non-hydrogen) atoms. The van der Waals surface area contributed by atoms with E-state index in [1.165, 1.54) is 44.5 Å². The molecule has 4 aromatic rings. The average Bonchev–Trinajstić information content (AvgIpc) is 2.79. The SMILES string of the molecule is Cc1ccccc1/C=C\c1ccc(-c2ccc(/C=C\c3ccccc3C)cc2)cc1. The van der Waals surface area contributed by atoms with E-state index in [1.54, 1.807) is 0 Å². The highest BCUT2D eigenvalue weighted by Crippen LogP contribution is 2.22. The van der Waals surface area contributed by atoms with Crippen molar-refractivity contribution in [2.75, 3.05) is 0 Å². The summed E-state index contributed by atoms with van der Waals surface area (Å²) < 4.78 is 0. The molecule has 0 fully saturated rings. The number of rotatable bonds is 5. The van der Waals surface area contributed by atoms with E-state index in [2.05, 4.69) is 135 Å².